The number of aromatic amines is 1. The van der Waals surface area contributed by atoms with Crippen molar-refractivity contribution < 1.29 is 4.74 Å². The number of aromatic nitrogens is 2. The maximum atomic E-state index is 5.58. The summed E-state index contributed by atoms with van der Waals surface area (Å²) in [5.41, 5.74) is 4.79. The Hall–Kier alpha value is -2.55. The molecule has 0 atom stereocenters. The minimum absolute atomic E-state index is 0. The van der Waals surface area contributed by atoms with Gasteiger partial charge >= 0.3 is 0 Å². The molecule has 0 spiro atoms. The lowest BCUT2D eigenvalue weighted by atomic mass is 10.1. The van der Waals surface area contributed by atoms with Crippen LogP contribution in [0.15, 0.2) is 59.7 Å². The van der Waals surface area contributed by atoms with Gasteiger partial charge in [0.2, 0.25) is 0 Å². The highest BCUT2D eigenvalue weighted by molar-refractivity contribution is 14.0. The number of fused-ring (bicyclic) bond motifs is 1. The van der Waals surface area contributed by atoms with Gasteiger partial charge < -0.3 is 19.9 Å². The molecular formula is C23H28IN5O. The van der Waals surface area contributed by atoms with Crippen LogP contribution in [0.5, 0.6) is 5.75 Å². The van der Waals surface area contributed by atoms with E-state index in [9.17, 15) is 0 Å². The maximum Gasteiger partial charge on any atom is 0.193 e. The van der Waals surface area contributed by atoms with E-state index in [0.717, 1.165) is 54.8 Å². The first kappa shape index (κ1) is 22.1. The zero-order valence-corrected chi connectivity index (χ0v) is 19.7. The standard InChI is InChI=1S/C23H27N5O.HI/c1-24-23(25-12-10-17-8-9-21-19(14-17)11-13-29-21)28(2)16-22-26-15-20(27-22)18-6-4-3-5-7-18;/h3-9,14-15H,10-13,16H2,1-2H3,(H,24,25)(H,26,27);1H. The fourth-order valence-corrected chi connectivity index (χ4v) is 3.61. The molecule has 0 unspecified atom stereocenters. The molecule has 3 aromatic rings. The number of rotatable bonds is 6. The minimum atomic E-state index is 0. The van der Waals surface area contributed by atoms with E-state index in [1.165, 1.54) is 11.1 Å². The van der Waals surface area contributed by atoms with Gasteiger partial charge in [-0.1, -0.05) is 42.5 Å². The maximum absolute atomic E-state index is 5.58. The van der Waals surface area contributed by atoms with E-state index in [4.69, 9.17) is 4.74 Å². The molecule has 4 rings (SSSR count). The summed E-state index contributed by atoms with van der Waals surface area (Å²) in [6, 6.07) is 16.7. The molecule has 0 fully saturated rings. The van der Waals surface area contributed by atoms with Gasteiger partial charge in [-0.2, -0.15) is 0 Å². The van der Waals surface area contributed by atoms with Crippen LogP contribution in [-0.4, -0.2) is 48.1 Å². The van der Waals surface area contributed by atoms with Crippen molar-refractivity contribution in [3.63, 3.8) is 0 Å². The number of imidazole rings is 1. The lowest BCUT2D eigenvalue weighted by molar-refractivity contribution is 0.357. The molecular weight excluding hydrogens is 489 g/mol. The highest BCUT2D eigenvalue weighted by Crippen LogP contribution is 2.25. The van der Waals surface area contributed by atoms with Crippen molar-refractivity contribution in [2.24, 2.45) is 4.99 Å². The topological polar surface area (TPSA) is 65.5 Å². The van der Waals surface area contributed by atoms with Gasteiger partial charge in [0.25, 0.3) is 0 Å². The molecule has 2 heterocycles. The van der Waals surface area contributed by atoms with Gasteiger partial charge in [0.1, 0.15) is 11.6 Å². The number of hydrogen-bond donors (Lipinski definition) is 2. The molecule has 0 amide bonds. The van der Waals surface area contributed by atoms with Gasteiger partial charge in [-0.3, -0.25) is 4.99 Å². The summed E-state index contributed by atoms with van der Waals surface area (Å²) in [6.07, 6.45) is 3.83. The number of aliphatic imine (C=N–C) groups is 1. The first-order valence-electron chi connectivity index (χ1n) is 9.98. The molecule has 2 aromatic carbocycles. The highest BCUT2D eigenvalue weighted by Gasteiger charge is 2.13. The van der Waals surface area contributed by atoms with E-state index < -0.39 is 0 Å². The molecule has 0 saturated carbocycles. The lowest BCUT2D eigenvalue weighted by Crippen LogP contribution is -2.39. The third-order valence-corrected chi connectivity index (χ3v) is 5.12. The van der Waals surface area contributed by atoms with Crippen LogP contribution in [0.1, 0.15) is 17.0 Å². The Labute approximate surface area is 194 Å². The third kappa shape index (κ3) is 5.33. The van der Waals surface area contributed by atoms with E-state index >= 15 is 0 Å². The highest BCUT2D eigenvalue weighted by atomic mass is 127. The number of hydrogen-bond acceptors (Lipinski definition) is 3. The van der Waals surface area contributed by atoms with Crippen LogP contribution in [-0.2, 0) is 19.4 Å². The quantitative estimate of drug-likeness (QED) is 0.296. The number of guanidine groups is 1. The van der Waals surface area contributed by atoms with Crippen molar-refractivity contribution in [3.8, 4) is 17.0 Å². The average Bonchev–Trinajstić information content (AvgIpc) is 3.41. The van der Waals surface area contributed by atoms with Crippen molar-refractivity contribution in [2.75, 3.05) is 27.2 Å². The smallest absolute Gasteiger partial charge is 0.193 e. The zero-order chi connectivity index (χ0) is 20.1. The molecule has 1 aliphatic rings. The Morgan fingerprint density at radius 3 is 2.87 bits per heavy atom. The fraction of sp³-hybridized carbons (Fsp3) is 0.304. The fourth-order valence-electron chi connectivity index (χ4n) is 3.61. The van der Waals surface area contributed by atoms with E-state index in [2.05, 4.69) is 55.5 Å². The summed E-state index contributed by atoms with van der Waals surface area (Å²) in [4.78, 5) is 14.4. The van der Waals surface area contributed by atoms with Crippen molar-refractivity contribution in [3.05, 3.63) is 71.7 Å². The summed E-state index contributed by atoms with van der Waals surface area (Å²) >= 11 is 0. The molecule has 30 heavy (non-hydrogen) atoms. The van der Waals surface area contributed by atoms with E-state index in [-0.39, 0.29) is 24.0 Å². The second kappa shape index (κ2) is 10.5. The number of H-pyrrole nitrogens is 1. The first-order valence-corrected chi connectivity index (χ1v) is 9.98. The summed E-state index contributed by atoms with van der Waals surface area (Å²) in [6.45, 7) is 2.28. The Kier molecular flexibility index (Phi) is 7.73. The van der Waals surface area contributed by atoms with Crippen LogP contribution in [0.2, 0.25) is 0 Å². The molecule has 0 bridgehead atoms. The monoisotopic (exact) mass is 517 g/mol. The van der Waals surface area contributed by atoms with Crippen molar-refractivity contribution >= 4 is 29.9 Å². The molecule has 1 aliphatic heterocycles. The number of nitrogens with zero attached hydrogens (tertiary/aromatic N) is 3. The van der Waals surface area contributed by atoms with Gasteiger partial charge in [-0.15, -0.1) is 24.0 Å². The normalized spacial score (nSPS) is 12.7. The molecule has 0 radical (unpaired) electrons. The lowest BCUT2D eigenvalue weighted by Gasteiger charge is -2.21. The van der Waals surface area contributed by atoms with Crippen LogP contribution < -0.4 is 10.1 Å². The number of ether oxygens (including phenoxy) is 1. The molecule has 0 aliphatic carbocycles. The molecule has 1 aromatic heterocycles. The van der Waals surface area contributed by atoms with Gasteiger partial charge in [0, 0.05) is 27.1 Å². The van der Waals surface area contributed by atoms with Gasteiger partial charge in [0.05, 0.1) is 25.0 Å². The largest absolute Gasteiger partial charge is 0.493 e. The zero-order valence-electron chi connectivity index (χ0n) is 17.4. The summed E-state index contributed by atoms with van der Waals surface area (Å²) < 4.78 is 5.58. The number of benzene rings is 2. The van der Waals surface area contributed by atoms with Crippen LogP contribution in [0.3, 0.4) is 0 Å². The Balaban J connectivity index is 0.00000256. The molecule has 6 nitrogen and oxygen atoms in total. The van der Waals surface area contributed by atoms with E-state index in [0.29, 0.717) is 6.54 Å². The second-order valence-corrected chi connectivity index (χ2v) is 7.23. The molecule has 7 heteroatoms. The minimum Gasteiger partial charge on any atom is -0.493 e. The van der Waals surface area contributed by atoms with Crippen molar-refractivity contribution in [2.45, 2.75) is 19.4 Å². The SMILES string of the molecule is CN=C(NCCc1ccc2c(c1)CCO2)N(C)Cc1ncc(-c2ccccc2)[nH]1.I. The van der Waals surface area contributed by atoms with Crippen LogP contribution in [0.25, 0.3) is 11.3 Å². The Morgan fingerprint density at radius 2 is 2.07 bits per heavy atom. The molecule has 0 saturated heterocycles. The average molecular weight is 517 g/mol. The molecule has 2 N–H and O–H groups in total. The third-order valence-electron chi connectivity index (χ3n) is 5.12. The van der Waals surface area contributed by atoms with Crippen LogP contribution in [0, 0.1) is 0 Å². The van der Waals surface area contributed by atoms with Gasteiger partial charge in [-0.05, 0) is 29.2 Å². The number of halogens is 1. The Bertz CT molecular complexity index is 986. The van der Waals surface area contributed by atoms with Crippen LogP contribution >= 0.6 is 24.0 Å². The van der Waals surface area contributed by atoms with Crippen molar-refractivity contribution in [1.29, 1.82) is 0 Å². The van der Waals surface area contributed by atoms with E-state index in [1.54, 1.807) is 0 Å². The predicted molar refractivity (Wildman–Crippen MR) is 132 cm³/mol. The van der Waals surface area contributed by atoms with Crippen molar-refractivity contribution in [1.82, 2.24) is 20.2 Å². The first-order chi connectivity index (χ1) is 14.2. The van der Waals surface area contributed by atoms with Gasteiger partial charge in [0.15, 0.2) is 5.96 Å². The second-order valence-electron chi connectivity index (χ2n) is 7.23. The molecule has 158 valence electrons. The van der Waals surface area contributed by atoms with Gasteiger partial charge in [-0.25, -0.2) is 4.98 Å². The predicted octanol–water partition coefficient (Wildman–Crippen LogP) is 3.88. The van der Waals surface area contributed by atoms with Crippen LogP contribution in [0.4, 0.5) is 0 Å². The Morgan fingerprint density at radius 1 is 1.23 bits per heavy atom. The summed E-state index contributed by atoms with van der Waals surface area (Å²) in [5, 5.41) is 3.45. The summed E-state index contributed by atoms with van der Waals surface area (Å²) in [7, 11) is 3.83. The van der Waals surface area contributed by atoms with E-state index in [1.807, 2.05) is 38.5 Å². The number of nitrogens with one attached hydrogen (secondary N) is 2. The summed E-state index contributed by atoms with van der Waals surface area (Å²) in [5.74, 6) is 2.80.